The van der Waals surface area contributed by atoms with Crippen molar-refractivity contribution in [3.8, 4) is 6.07 Å². The van der Waals surface area contributed by atoms with Crippen LogP contribution in [-0.4, -0.2) is 18.8 Å². The number of aliphatic hydroxyl groups excluding tert-OH is 1. The highest BCUT2D eigenvalue weighted by molar-refractivity contribution is 8.03. The third-order valence-electron chi connectivity index (χ3n) is 4.87. The summed E-state index contributed by atoms with van der Waals surface area (Å²) in [7, 11) is 1.96. The molecule has 7 heteroatoms. The van der Waals surface area contributed by atoms with Crippen molar-refractivity contribution in [2.45, 2.75) is 11.4 Å². The number of aromatic nitrogens is 1. The molecule has 0 aliphatic carbocycles. The Morgan fingerprint density at radius 1 is 1.27 bits per heavy atom. The van der Waals surface area contributed by atoms with Gasteiger partial charge in [-0.15, -0.1) is 12.4 Å². The molecule has 2 aromatic carbocycles. The maximum absolute atomic E-state index is 9.79. The number of para-hydroxylation sites is 1. The van der Waals surface area contributed by atoms with Crippen molar-refractivity contribution in [3.05, 3.63) is 82.0 Å². The normalized spacial score (nSPS) is 14.5. The number of nitriles is 1. The Labute approximate surface area is 191 Å². The number of thioether (sulfide) groups is 1. The molecule has 0 fully saturated rings. The summed E-state index contributed by atoms with van der Waals surface area (Å²) in [6.07, 6.45) is 5.80. The largest absolute Gasteiger partial charge is 0.390 e. The van der Waals surface area contributed by atoms with E-state index in [4.69, 9.17) is 11.6 Å². The molecule has 152 valence electrons. The van der Waals surface area contributed by atoms with Gasteiger partial charge in [-0.05, 0) is 35.9 Å². The van der Waals surface area contributed by atoms with Gasteiger partial charge >= 0.3 is 0 Å². The summed E-state index contributed by atoms with van der Waals surface area (Å²) in [5, 5.41) is 21.7. The number of allylic oxidation sites excluding steroid dienone is 2. The summed E-state index contributed by atoms with van der Waals surface area (Å²) in [5.74, 6) is 0. The number of benzene rings is 2. The highest BCUT2D eigenvalue weighted by Crippen LogP contribution is 2.47. The first kappa shape index (κ1) is 22.2. The minimum absolute atomic E-state index is 0. The Kier molecular flexibility index (Phi) is 7.06. The zero-order chi connectivity index (χ0) is 20.4. The topological polar surface area (TPSA) is 51.1 Å². The van der Waals surface area contributed by atoms with Crippen molar-refractivity contribution >= 4 is 58.4 Å². The smallest absolute Gasteiger partial charge is 0.213 e. The van der Waals surface area contributed by atoms with Crippen LogP contribution in [0.15, 0.2) is 76.3 Å². The number of anilines is 1. The van der Waals surface area contributed by atoms with E-state index >= 15 is 0 Å². The van der Waals surface area contributed by atoms with Gasteiger partial charge in [0.15, 0.2) is 12.7 Å². The van der Waals surface area contributed by atoms with Crippen molar-refractivity contribution in [3.63, 3.8) is 0 Å². The zero-order valence-electron chi connectivity index (χ0n) is 16.2. The summed E-state index contributed by atoms with van der Waals surface area (Å²) >= 11 is 7.67. The molecule has 1 aromatic heterocycles. The predicted octanol–water partition coefficient (Wildman–Crippen LogP) is 5.19. The molecule has 0 bridgehead atoms. The van der Waals surface area contributed by atoms with Crippen molar-refractivity contribution < 1.29 is 9.67 Å². The lowest BCUT2D eigenvalue weighted by Crippen LogP contribution is -2.36. The molecule has 1 N–H and O–H groups in total. The monoisotopic (exact) mass is 456 g/mol. The van der Waals surface area contributed by atoms with Crippen LogP contribution in [0.5, 0.6) is 0 Å². The molecule has 4 nitrogen and oxygen atoms in total. The van der Waals surface area contributed by atoms with Gasteiger partial charge in [-0.3, -0.25) is 0 Å². The van der Waals surface area contributed by atoms with Gasteiger partial charge in [0.05, 0.1) is 21.7 Å². The van der Waals surface area contributed by atoms with Crippen LogP contribution in [0, 0.1) is 11.3 Å². The van der Waals surface area contributed by atoms with Crippen LogP contribution >= 0.6 is 35.8 Å². The molecule has 3 aromatic rings. The lowest BCUT2D eigenvalue weighted by Gasteiger charge is -2.14. The Morgan fingerprint density at radius 3 is 2.83 bits per heavy atom. The predicted molar refractivity (Wildman–Crippen MR) is 126 cm³/mol. The third kappa shape index (κ3) is 4.19. The highest BCUT2D eigenvalue weighted by Gasteiger charge is 2.24. The second kappa shape index (κ2) is 9.55. The van der Waals surface area contributed by atoms with Crippen LogP contribution in [0.25, 0.3) is 17.0 Å². The molecule has 0 unspecified atom stereocenters. The fourth-order valence-electron chi connectivity index (χ4n) is 3.45. The van der Waals surface area contributed by atoms with Crippen molar-refractivity contribution in [1.29, 1.82) is 5.26 Å². The lowest BCUT2D eigenvalue weighted by atomic mass is 10.1. The van der Waals surface area contributed by atoms with Crippen LogP contribution < -0.4 is 9.47 Å². The fraction of sp³-hybridized carbons (Fsp3) is 0.130. The average Bonchev–Trinajstić information content (AvgIpc) is 3.05. The highest BCUT2D eigenvalue weighted by atomic mass is 35.5. The third-order valence-corrected chi connectivity index (χ3v) is 6.34. The van der Waals surface area contributed by atoms with Crippen molar-refractivity contribution in [2.24, 2.45) is 0 Å². The number of aliphatic hydroxyl groups is 1. The quantitative estimate of drug-likeness (QED) is 0.433. The van der Waals surface area contributed by atoms with Crippen LogP contribution in [0.1, 0.15) is 5.56 Å². The molecule has 1 aliphatic rings. The van der Waals surface area contributed by atoms with Gasteiger partial charge < -0.3 is 10.0 Å². The number of pyridine rings is 1. The Morgan fingerprint density at radius 2 is 2.07 bits per heavy atom. The maximum atomic E-state index is 9.79. The zero-order valence-corrected chi connectivity index (χ0v) is 18.6. The second-order valence-electron chi connectivity index (χ2n) is 6.64. The van der Waals surface area contributed by atoms with Gasteiger partial charge in [0.2, 0.25) is 5.52 Å². The SMILES string of the molecule is CN1/C(=C(C#N)\C=C\c2cc[n+](CCO)c3ccccc23)Sc2cc(Cl)ccc21.Cl. The number of halogens is 2. The van der Waals surface area contributed by atoms with E-state index in [9.17, 15) is 10.4 Å². The average molecular weight is 457 g/mol. The number of fused-ring (bicyclic) bond motifs is 2. The maximum Gasteiger partial charge on any atom is 0.213 e. The Bertz CT molecular complexity index is 1200. The van der Waals surface area contributed by atoms with E-state index in [1.165, 1.54) is 0 Å². The summed E-state index contributed by atoms with van der Waals surface area (Å²) in [6, 6.07) is 18.2. The van der Waals surface area contributed by atoms with E-state index in [1.807, 2.05) is 77.3 Å². The summed E-state index contributed by atoms with van der Waals surface area (Å²) in [4.78, 5) is 3.07. The summed E-state index contributed by atoms with van der Waals surface area (Å²) in [5.41, 5.74) is 3.71. The molecule has 0 spiro atoms. The minimum Gasteiger partial charge on any atom is -0.390 e. The molecular weight excluding hydrogens is 437 g/mol. The first-order chi connectivity index (χ1) is 14.1. The second-order valence-corrected chi connectivity index (χ2v) is 8.11. The molecule has 0 saturated heterocycles. The molecule has 0 amide bonds. The van der Waals surface area contributed by atoms with Crippen LogP contribution in [0.3, 0.4) is 0 Å². The van der Waals surface area contributed by atoms with Gasteiger partial charge in [0, 0.05) is 29.1 Å². The Hall–Kier alpha value is -2.49. The van der Waals surface area contributed by atoms with Crippen molar-refractivity contribution in [2.75, 3.05) is 18.6 Å². The molecule has 30 heavy (non-hydrogen) atoms. The fourth-order valence-corrected chi connectivity index (χ4v) is 4.85. The molecule has 4 rings (SSSR count). The van der Waals surface area contributed by atoms with Gasteiger partial charge in [-0.1, -0.05) is 41.6 Å². The molecule has 2 heterocycles. The first-order valence-electron chi connectivity index (χ1n) is 9.18. The molecule has 0 atom stereocenters. The van der Waals surface area contributed by atoms with Crippen LogP contribution in [-0.2, 0) is 6.54 Å². The number of hydrogen-bond acceptors (Lipinski definition) is 4. The van der Waals surface area contributed by atoms with E-state index in [0.29, 0.717) is 17.1 Å². The van der Waals surface area contributed by atoms with Gasteiger partial charge in [-0.25, -0.2) is 0 Å². The number of nitrogens with zero attached hydrogens (tertiary/aromatic N) is 3. The standard InChI is InChI=1S/C23H19ClN3OS.ClH/c1-26-21-9-8-18(24)14-22(21)29-23(26)17(15-25)7-6-16-10-11-27(12-13-28)20-5-3-2-4-19(16)20;/h2-11,14,28H,12-13H2,1H3;1H/q+1;. The van der Waals surface area contributed by atoms with Crippen molar-refractivity contribution in [1.82, 2.24) is 0 Å². The molecule has 0 radical (unpaired) electrons. The van der Waals surface area contributed by atoms with E-state index in [2.05, 4.69) is 12.1 Å². The summed E-state index contributed by atoms with van der Waals surface area (Å²) < 4.78 is 2.03. The van der Waals surface area contributed by atoms with E-state index < -0.39 is 0 Å². The molecular formula is C23H20Cl2N3OS+. The minimum atomic E-state index is 0. The number of hydrogen-bond donors (Lipinski definition) is 1. The van der Waals surface area contributed by atoms with Crippen LogP contribution in [0.4, 0.5) is 5.69 Å². The number of rotatable bonds is 4. The van der Waals surface area contributed by atoms with E-state index in [1.54, 1.807) is 11.8 Å². The van der Waals surface area contributed by atoms with Gasteiger partial charge in [-0.2, -0.15) is 9.83 Å². The Balaban J connectivity index is 0.00000256. The van der Waals surface area contributed by atoms with E-state index in [0.717, 1.165) is 32.1 Å². The van der Waals surface area contributed by atoms with E-state index in [-0.39, 0.29) is 19.0 Å². The first-order valence-corrected chi connectivity index (χ1v) is 10.4. The van der Waals surface area contributed by atoms with Gasteiger partial charge in [0.1, 0.15) is 12.7 Å². The lowest BCUT2D eigenvalue weighted by molar-refractivity contribution is -0.672. The summed E-state index contributed by atoms with van der Waals surface area (Å²) in [6.45, 7) is 0.628. The molecule has 1 aliphatic heterocycles. The molecule has 0 saturated carbocycles. The van der Waals surface area contributed by atoms with Gasteiger partial charge in [0.25, 0.3) is 0 Å². The van der Waals surface area contributed by atoms with Crippen LogP contribution in [0.2, 0.25) is 5.02 Å².